The number of ether oxygens (including phenoxy) is 1. The van der Waals surface area contributed by atoms with Crippen molar-refractivity contribution in [1.29, 1.82) is 5.26 Å². The summed E-state index contributed by atoms with van der Waals surface area (Å²) in [5, 5.41) is 12.0. The van der Waals surface area contributed by atoms with Crippen LogP contribution in [0.1, 0.15) is 41.6 Å². The van der Waals surface area contributed by atoms with Gasteiger partial charge in [0.15, 0.2) is 0 Å². The summed E-state index contributed by atoms with van der Waals surface area (Å²) in [5.74, 6) is 0.764. The van der Waals surface area contributed by atoms with Gasteiger partial charge in [-0.05, 0) is 74.7 Å². The van der Waals surface area contributed by atoms with Gasteiger partial charge >= 0.3 is 0 Å². The molecule has 1 amide bonds. The van der Waals surface area contributed by atoms with Crippen molar-refractivity contribution in [3.8, 4) is 11.8 Å². The van der Waals surface area contributed by atoms with Crippen LogP contribution in [0.25, 0.3) is 0 Å². The van der Waals surface area contributed by atoms with Crippen LogP contribution in [0.4, 0.5) is 0 Å². The highest BCUT2D eigenvalue weighted by Gasteiger charge is 2.20. The topological polar surface area (TPSA) is 65.4 Å². The van der Waals surface area contributed by atoms with Crippen molar-refractivity contribution in [2.75, 3.05) is 26.2 Å². The van der Waals surface area contributed by atoms with Gasteiger partial charge in [-0.3, -0.25) is 4.79 Å². The molecule has 1 fully saturated rings. The number of nitrogens with zero attached hydrogens (tertiary/aromatic N) is 2. The minimum absolute atomic E-state index is 0.0177. The third-order valence-corrected chi connectivity index (χ3v) is 5.62. The maximum atomic E-state index is 12.1. The Morgan fingerprint density at radius 3 is 2.66 bits per heavy atom. The van der Waals surface area contributed by atoms with E-state index in [1.165, 1.54) is 0 Å². The standard InChI is InChI=1S/C23H26BrN3O2/c24-20-8-6-19(7-9-20)23(28)26-12-1-2-13-27-14-10-21(11-15-27)29-22-5-3-4-18(16-22)17-25/h3-9,16,21H,1-2,10-15H2,(H,26,28). The lowest BCUT2D eigenvalue weighted by molar-refractivity contribution is 0.0943. The fourth-order valence-electron chi connectivity index (χ4n) is 3.45. The summed E-state index contributed by atoms with van der Waals surface area (Å²) in [7, 11) is 0. The summed E-state index contributed by atoms with van der Waals surface area (Å²) in [6.45, 7) is 3.79. The predicted molar refractivity (Wildman–Crippen MR) is 117 cm³/mol. The second-order valence-corrected chi connectivity index (χ2v) is 8.18. The number of hydrogen-bond acceptors (Lipinski definition) is 4. The first-order valence-corrected chi connectivity index (χ1v) is 10.9. The molecule has 2 aromatic rings. The summed E-state index contributed by atoms with van der Waals surface area (Å²) >= 11 is 3.38. The third kappa shape index (κ3) is 6.88. The second kappa shape index (κ2) is 11.0. The average molecular weight is 456 g/mol. The predicted octanol–water partition coefficient (Wildman–Crippen LogP) is 4.37. The number of rotatable bonds is 8. The molecule has 0 saturated carbocycles. The minimum Gasteiger partial charge on any atom is -0.490 e. The number of nitriles is 1. The monoisotopic (exact) mass is 455 g/mol. The SMILES string of the molecule is N#Cc1cccc(OC2CCN(CCCCNC(=O)c3ccc(Br)cc3)CC2)c1. The number of carbonyl (C=O) groups excluding carboxylic acids is 1. The van der Waals surface area contributed by atoms with E-state index in [0.717, 1.165) is 55.5 Å². The minimum atomic E-state index is -0.0177. The molecule has 2 aromatic carbocycles. The van der Waals surface area contributed by atoms with E-state index in [0.29, 0.717) is 17.7 Å². The van der Waals surface area contributed by atoms with Crippen molar-refractivity contribution in [3.05, 3.63) is 64.1 Å². The normalized spacial score (nSPS) is 14.9. The number of halogens is 1. The van der Waals surface area contributed by atoms with Crippen LogP contribution in [0.3, 0.4) is 0 Å². The molecule has 0 spiro atoms. The van der Waals surface area contributed by atoms with Crippen LogP contribution in [0, 0.1) is 11.3 Å². The molecule has 0 unspecified atom stereocenters. The molecule has 1 heterocycles. The second-order valence-electron chi connectivity index (χ2n) is 7.27. The number of unbranched alkanes of at least 4 members (excludes halogenated alkanes) is 1. The molecule has 0 bridgehead atoms. The van der Waals surface area contributed by atoms with Crippen LogP contribution < -0.4 is 10.1 Å². The Bertz CT molecular complexity index is 840. The van der Waals surface area contributed by atoms with Gasteiger partial charge in [-0.15, -0.1) is 0 Å². The Kier molecular flexibility index (Phi) is 8.09. The zero-order valence-electron chi connectivity index (χ0n) is 16.4. The molecular formula is C23H26BrN3O2. The molecule has 6 heteroatoms. The van der Waals surface area contributed by atoms with Gasteiger partial charge in [0, 0.05) is 29.7 Å². The summed E-state index contributed by atoms with van der Waals surface area (Å²) < 4.78 is 7.01. The number of likely N-dealkylation sites (tertiary alicyclic amines) is 1. The maximum absolute atomic E-state index is 12.1. The maximum Gasteiger partial charge on any atom is 0.251 e. The van der Waals surface area contributed by atoms with Gasteiger partial charge in [0.2, 0.25) is 0 Å². The molecule has 3 rings (SSSR count). The summed E-state index contributed by atoms with van der Waals surface area (Å²) in [5.41, 5.74) is 1.32. The van der Waals surface area contributed by atoms with Gasteiger partial charge in [-0.2, -0.15) is 5.26 Å². The fourth-order valence-corrected chi connectivity index (χ4v) is 3.71. The molecular weight excluding hydrogens is 430 g/mol. The molecule has 1 aliphatic heterocycles. The largest absolute Gasteiger partial charge is 0.490 e. The lowest BCUT2D eigenvalue weighted by Gasteiger charge is -2.32. The highest BCUT2D eigenvalue weighted by Crippen LogP contribution is 2.20. The highest BCUT2D eigenvalue weighted by atomic mass is 79.9. The summed E-state index contributed by atoms with van der Waals surface area (Å²) in [6.07, 6.45) is 4.25. The van der Waals surface area contributed by atoms with Crippen molar-refractivity contribution in [1.82, 2.24) is 10.2 Å². The number of benzene rings is 2. The Morgan fingerprint density at radius 1 is 1.17 bits per heavy atom. The number of hydrogen-bond donors (Lipinski definition) is 1. The first kappa shape index (κ1) is 21.4. The Hall–Kier alpha value is -2.36. The van der Waals surface area contributed by atoms with Crippen molar-refractivity contribution in [3.63, 3.8) is 0 Å². The lowest BCUT2D eigenvalue weighted by atomic mass is 10.1. The molecule has 0 aliphatic carbocycles. The van der Waals surface area contributed by atoms with Crippen molar-refractivity contribution >= 4 is 21.8 Å². The Labute approximate surface area is 180 Å². The van der Waals surface area contributed by atoms with Crippen molar-refractivity contribution < 1.29 is 9.53 Å². The smallest absolute Gasteiger partial charge is 0.251 e. The number of piperidine rings is 1. The molecule has 0 atom stereocenters. The van der Waals surface area contributed by atoms with Crippen molar-refractivity contribution in [2.45, 2.75) is 31.8 Å². The molecule has 152 valence electrons. The van der Waals surface area contributed by atoms with Crippen LogP contribution in [0.5, 0.6) is 5.75 Å². The van der Waals surface area contributed by atoms with E-state index in [1.807, 2.05) is 36.4 Å². The summed E-state index contributed by atoms with van der Waals surface area (Å²) in [4.78, 5) is 14.5. The zero-order valence-corrected chi connectivity index (χ0v) is 18.0. The first-order chi connectivity index (χ1) is 14.1. The quantitative estimate of drug-likeness (QED) is 0.599. The van der Waals surface area contributed by atoms with Crippen LogP contribution >= 0.6 is 15.9 Å². The van der Waals surface area contributed by atoms with Gasteiger partial charge in [-0.25, -0.2) is 0 Å². The first-order valence-electron chi connectivity index (χ1n) is 10.1. The van der Waals surface area contributed by atoms with Gasteiger partial charge in [0.25, 0.3) is 5.91 Å². The lowest BCUT2D eigenvalue weighted by Crippen LogP contribution is -2.38. The molecule has 0 aromatic heterocycles. The van der Waals surface area contributed by atoms with Crippen LogP contribution in [-0.2, 0) is 0 Å². The molecule has 5 nitrogen and oxygen atoms in total. The average Bonchev–Trinajstić information content (AvgIpc) is 2.75. The van der Waals surface area contributed by atoms with E-state index in [-0.39, 0.29) is 12.0 Å². The fraction of sp³-hybridized carbons (Fsp3) is 0.391. The summed E-state index contributed by atoms with van der Waals surface area (Å²) in [6, 6.07) is 16.9. The van der Waals surface area contributed by atoms with Gasteiger partial charge in [0.05, 0.1) is 11.6 Å². The van der Waals surface area contributed by atoms with E-state index < -0.39 is 0 Å². The van der Waals surface area contributed by atoms with E-state index in [1.54, 1.807) is 12.1 Å². The van der Waals surface area contributed by atoms with E-state index in [9.17, 15) is 4.79 Å². The molecule has 1 N–H and O–H groups in total. The Balaban J connectivity index is 1.28. The third-order valence-electron chi connectivity index (χ3n) is 5.09. The molecule has 1 aliphatic rings. The van der Waals surface area contributed by atoms with Crippen LogP contribution in [0.2, 0.25) is 0 Å². The van der Waals surface area contributed by atoms with Crippen LogP contribution in [0.15, 0.2) is 53.0 Å². The van der Waals surface area contributed by atoms with Gasteiger partial charge in [0.1, 0.15) is 11.9 Å². The highest BCUT2D eigenvalue weighted by molar-refractivity contribution is 9.10. The molecule has 1 saturated heterocycles. The van der Waals surface area contributed by atoms with E-state index in [4.69, 9.17) is 10.00 Å². The number of amides is 1. The zero-order chi connectivity index (χ0) is 20.5. The Morgan fingerprint density at radius 2 is 1.93 bits per heavy atom. The van der Waals surface area contributed by atoms with Gasteiger partial charge < -0.3 is 15.0 Å². The van der Waals surface area contributed by atoms with E-state index >= 15 is 0 Å². The van der Waals surface area contributed by atoms with Gasteiger partial charge in [-0.1, -0.05) is 22.0 Å². The number of nitrogens with one attached hydrogen (secondary N) is 1. The number of carbonyl (C=O) groups is 1. The molecule has 29 heavy (non-hydrogen) atoms. The van der Waals surface area contributed by atoms with Crippen LogP contribution in [-0.4, -0.2) is 43.1 Å². The van der Waals surface area contributed by atoms with Crippen molar-refractivity contribution in [2.24, 2.45) is 0 Å². The van der Waals surface area contributed by atoms with E-state index in [2.05, 4.69) is 32.2 Å². The molecule has 0 radical (unpaired) electrons.